The molecule has 1 aliphatic rings. The summed E-state index contributed by atoms with van der Waals surface area (Å²) >= 11 is 1.66. The number of hydrogen-bond acceptors (Lipinski definition) is 4. The minimum atomic E-state index is 0.0852. The molecule has 116 valence electrons. The van der Waals surface area contributed by atoms with Crippen molar-refractivity contribution in [3.8, 4) is 11.5 Å². The molecule has 2 heterocycles. The lowest BCUT2D eigenvalue weighted by molar-refractivity contribution is 0.0752. The van der Waals surface area contributed by atoms with Crippen LogP contribution in [0, 0.1) is 13.8 Å². The SMILES string of the molecule is CCN(Cc1ccc2c(c1)OCO2)C(=O)c1cc(C)sc1C. The van der Waals surface area contributed by atoms with Crippen LogP contribution in [-0.4, -0.2) is 24.1 Å². The molecule has 0 bridgehead atoms. The van der Waals surface area contributed by atoms with E-state index in [1.165, 1.54) is 4.88 Å². The summed E-state index contributed by atoms with van der Waals surface area (Å²) in [4.78, 5) is 16.8. The number of amides is 1. The molecule has 1 aromatic heterocycles. The highest BCUT2D eigenvalue weighted by molar-refractivity contribution is 7.12. The molecule has 0 unspecified atom stereocenters. The minimum Gasteiger partial charge on any atom is -0.454 e. The fraction of sp³-hybridized carbons (Fsp3) is 0.353. The first-order valence-electron chi connectivity index (χ1n) is 7.33. The third-order valence-corrected chi connectivity index (χ3v) is 4.72. The molecule has 3 rings (SSSR count). The second kappa shape index (κ2) is 6.01. The van der Waals surface area contributed by atoms with Crippen LogP contribution in [0.15, 0.2) is 24.3 Å². The van der Waals surface area contributed by atoms with Gasteiger partial charge in [0, 0.05) is 22.8 Å². The third kappa shape index (κ3) is 2.81. The zero-order chi connectivity index (χ0) is 15.7. The summed E-state index contributed by atoms with van der Waals surface area (Å²) in [7, 11) is 0. The zero-order valence-corrected chi connectivity index (χ0v) is 13.8. The molecule has 0 saturated carbocycles. The van der Waals surface area contributed by atoms with Gasteiger partial charge >= 0.3 is 0 Å². The smallest absolute Gasteiger partial charge is 0.255 e. The Balaban J connectivity index is 1.79. The maximum absolute atomic E-state index is 12.7. The van der Waals surface area contributed by atoms with Crippen molar-refractivity contribution in [2.75, 3.05) is 13.3 Å². The Labute approximate surface area is 134 Å². The lowest BCUT2D eigenvalue weighted by Crippen LogP contribution is -2.30. The van der Waals surface area contributed by atoms with Gasteiger partial charge in [0.15, 0.2) is 11.5 Å². The van der Waals surface area contributed by atoms with Gasteiger partial charge in [-0.15, -0.1) is 11.3 Å². The minimum absolute atomic E-state index is 0.0852. The molecule has 2 aromatic rings. The van der Waals surface area contributed by atoms with Crippen molar-refractivity contribution in [2.24, 2.45) is 0 Å². The van der Waals surface area contributed by atoms with Crippen LogP contribution in [-0.2, 0) is 6.54 Å². The van der Waals surface area contributed by atoms with Crippen LogP contribution in [0.3, 0.4) is 0 Å². The molecule has 0 atom stereocenters. The Morgan fingerprint density at radius 3 is 2.68 bits per heavy atom. The highest BCUT2D eigenvalue weighted by Gasteiger charge is 2.20. The lowest BCUT2D eigenvalue weighted by Gasteiger charge is -2.21. The molecule has 1 aliphatic heterocycles. The molecule has 0 N–H and O–H groups in total. The predicted molar refractivity (Wildman–Crippen MR) is 86.8 cm³/mol. The van der Waals surface area contributed by atoms with Crippen molar-refractivity contribution < 1.29 is 14.3 Å². The first kappa shape index (κ1) is 14.9. The van der Waals surface area contributed by atoms with Gasteiger partial charge in [-0.05, 0) is 44.5 Å². The highest BCUT2D eigenvalue weighted by Crippen LogP contribution is 2.33. The summed E-state index contributed by atoms with van der Waals surface area (Å²) in [6.07, 6.45) is 0. The van der Waals surface area contributed by atoms with E-state index in [9.17, 15) is 4.79 Å². The van der Waals surface area contributed by atoms with Crippen LogP contribution in [0.1, 0.15) is 32.6 Å². The fourth-order valence-corrected chi connectivity index (χ4v) is 3.52. The van der Waals surface area contributed by atoms with Crippen LogP contribution in [0.4, 0.5) is 0 Å². The van der Waals surface area contributed by atoms with Crippen molar-refractivity contribution in [1.29, 1.82) is 0 Å². The number of benzene rings is 1. The third-order valence-electron chi connectivity index (χ3n) is 3.75. The monoisotopic (exact) mass is 317 g/mol. The van der Waals surface area contributed by atoms with Crippen molar-refractivity contribution in [1.82, 2.24) is 4.90 Å². The molecule has 0 aliphatic carbocycles. The molecule has 0 spiro atoms. The number of hydrogen-bond donors (Lipinski definition) is 0. The van der Waals surface area contributed by atoms with Gasteiger partial charge in [-0.2, -0.15) is 0 Å². The van der Waals surface area contributed by atoms with Crippen molar-refractivity contribution in [2.45, 2.75) is 27.3 Å². The summed E-state index contributed by atoms with van der Waals surface area (Å²) in [5.74, 6) is 1.60. The molecular formula is C17H19NO3S. The summed E-state index contributed by atoms with van der Waals surface area (Å²) in [5, 5.41) is 0. The number of carbonyl (C=O) groups is 1. The summed E-state index contributed by atoms with van der Waals surface area (Å²) in [6, 6.07) is 7.81. The first-order chi connectivity index (χ1) is 10.6. The number of rotatable bonds is 4. The maximum Gasteiger partial charge on any atom is 0.255 e. The normalized spacial score (nSPS) is 12.5. The van der Waals surface area contributed by atoms with E-state index in [1.807, 2.05) is 49.9 Å². The largest absolute Gasteiger partial charge is 0.454 e. The quantitative estimate of drug-likeness (QED) is 0.862. The van der Waals surface area contributed by atoms with E-state index in [-0.39, 0.29) is 12.7 Å². The molecule has 4 nitrogen and oxygen atoms in total. The zero-order valence-electron chi connectivity index (χ0n) is 13.0. The van der Waals surface area contributed by atoms with Gasteiger partial charge < -0.3 is 14.4 Å². The van der Waals surface area contributed by atoms with E-state index >= 15 is 0 Å². The standard InChI is InChI=1S/C17H19NO3S/c1-4-18(17(19)14-7-11(2)22-12(14)3)9-13-5-6-15-16(8-13)21-10-20-15/h5-8H,4,9-10H2,1-3H3. The second-order valence-electron chi connectivity index (χ2n) is 5.33. The van der Waals surface area contributed by atoms with Crippen LogP contribution < -0.4 is 9.47 Å². The number of aryl methyl sites for hydroxylation is 2. The van der Waals surface area contributed by atoms with Crippen LogP contribution in [0.2, 0.25) is 0 Å². The van der Waals surface area contributed by atoms with Crippen molar-refractivity contribution in [3.05, 3.63) is 45.1 Å². The highest BCUT2D eigenvalue weighted by atomic mass is 32.1. The number of fused-ring (bicyclic) bond motifs is 1. The van der Waals surface area contributed by atoms with Crippen LogP contribution in [0.25, 0.3) is 0 Å². The van der Waals surface area contributed by atoms with E-state index in [0.29, 0.717) is 13.1 Å². The van der Waals surface area contributed by atoms with E-state index in [0.717, 1.165) is 27.5 Å². The van der Waals surface area contributed by atoms with Crippen molar-refractivity contribution in [3.63, 3.8) is 0 Å². The van der Waals surface area contributed by atoms with Gasteiger partial charge in [0.05, 0.1) is 5.56 Å². The number of carbonyl (C=O) groups excluding carboxylic acids is 1. The summed E-state index contributed by atoms with van der Waals surface area (Å²) in [6.45, 7) is 7.53. The number of nitrogens with zero attached hydrogens (tertiary/aromatic N) is 1. The average molecular weight is 317 g/mol. The van der Waals surface area contributed by atoms with Gasteiger partial charge in [0.25, 0.3) is 5.91 Å². The van der Waals surface area contributed by atoms with Gasteiger partial charge in [0.1, 0.15) is 0 Å². The molecule has 1 aromatic carbocycles. The summed E-state index contributed by atoms with van der Waals surface area (Å²) in [5.41, 5.74) is 1.86. The lowest BCUT2D eigenvalue weighted by atomic mass is 10.1. The second-order valence-corrected chi connectivity index (χ2v) is 6.79. The average Bonchev–Trinajstić information content (AvgIpc) is 3.09. The van der Waals surface area contributed by atoms with E-state index < -0.39 is 0 Å². The molecular weight excluding hydrogens is 298 g/mol. The molecule has 0 radical (unpaired) electrons. The molecule has 0 saturated heterocycles. The Morgan fingerprint density at radius 2 is 2.00 bits per heavy atom. The molecule has 0 fully saturated rings. The van der Waals surface area contributed by atoms with Gasteiger partial charge in [-0.3, -0.25) is 4.79 Å². The van der Waals surface area contributed by atoms with Gasteiger partial charge in [-0.1, -0.05) is 6.07 Å². The van der Waals surface area contributed by atoms with Gasteiger partial charge in [-0.25, -0.2) is 0 Å². The Bertz CT molecular complexity index is 708. The van der Waals surface area contributed by atoms with Gasteiger partial charge in [0.2, 0.25) is 6.79 Å². The molecule has 22 heavy (non-hydrogen) atoms. The first-order valence-corrected chi connectivity index (χ1v) is 8.15. The number of ether oxygens (including phenoxy) is 2. The van der Waals surface area contributed by atoms with Crippen LogP contribution in [0.5, 0.6) is 11.5 Å². The Morgan fingerprint density at radius 1 is 1.23 bits per heavy atom. The number of thiophene rings is 1. The molecule has 1 amide bonds. The fourth-order valence-electron chi connectivity index (χ4n) is 2.60. The predicted octanol–water partition coefficient (Wildman–Crippen LogP) is 3.76. The molecule has 5 heteroatoms. The van der Waals surface area contributed by atoms with E-state index in [1.54, 1.807) is 11.3 Å². The Hall–Kier alpha value is -2.01. The van der Waals surface area contributed by atoms with E-state index in [2.05, 4.69) is 0 Å². The Kier molecular flexibility index (Phi) is 4.07. The summed E-state index contributed by atoms with van der Waals surface area (Å²) < 4.78 is 10.7. The maximum atomic E-state index is 12.7. The van der Waals surface area contributed by atoms with Crippen LogP contribution >= 0.6 is 11.3 Å². The van der Waals surface area contributed by atoms with Crippen molar-refractivity contribution >= 4 is 17.2 Å². The van der Waals surface area contributed by atoms with E-state index in [4.69, 9.17) is 9.47 Å². The topological polar surface area (TPSA) is 38.8 Å².